The number of carbonyl (C=O) groups excluding carboxylic acids is 1. The maximum absolute atomic E-state index is 13.1. The predicted molar refractivity (Wildman–Crippen MR) is 102 cm³/mol. The van der Waals surface area contributed by atoms with Crippen molar-refractivity contribution in [3.05, 3.63) is 71.0 Å². The highest BCUT2D eigenvalue weighted by atomic mass is 19.1. The quantitative estimate of drug-likeness (QED) is 0.865. The van der Waals surface area contributed by atoms with Crippen molar-refractivity contribution in [1.29, 1.82) is 0 Å². The van der Waals surface area contributed by atoms with Crippen molar-refractivity contribution in [3.63, 3.8) is 0 Å². The largest absolute Gasteiger partial charge is 0.352 e. The fraction of sp³-hybridized carbons (Fsp3) is 0.381. The fourth-order valence-corrected chi connectivity index (χ4v) is 3.14. The van der Waals surface area contributed by atoms with Gasteiger partial charge < -0.3 is 10.2 Å². The van der Waals surface area contributed by atoms with E-state index in [2.05, 4.69) is 22.2 Å². The number of nitrogens with one attached hydrogen (secondary N) is 1. The first-order chi connectivity index (χ1) is 12.6. The summed E-state index contributed by atoms with van der Waals surface area (Å²) < 4.78 is 13.1. The number of piperazine rings is 1. The smallest absolute Gasteiger partial charge is 0.251 e. The van der Waals surface area contributed by atoms with Crippen molar-refractivity contribution in [3.8, 4) is 0 Å². The van der Waals surface area contributed by atoms with Crippen LogP contribution in [-0.4, -0.2) is 55.5 Å². The van der Waals surface area contributed by atoms with Crippen LogP contribution in [0.3, 0.4) is 0 Å². The van der Waals surface area contributed by atoms with Crippen LogP contribution in [0.4, 0.5) is 4.39 Å². The van der Waals surface area contributed by atoms with Gasteiger partial charge in [-0.2, -0.15) is 0 Å². The normalized spacial score (nSPS) is 15.8. The molecule has 1 fully saturated rings. The second-order valence-corrected chi connectivity index (χ2v) is 6.91. The summed E-state index contributed by atoms with van der Waals surface area (Å²) in [4.78, 5) is 17.0. The molecule has 26 heavy (non-hydrogen) atoms. The van der Waals surface area contributed by atoms with Gasteiger partial charge >= 0.3 is 0 Å². The molecule has 3 rings (SSSR count). The predicted octanol–water partition coefficient (Wildman–Crippen LogP) is 2.55. The van der Waals surface area contributed by atoms with E-state index in [-0.39, 0.29) is 11.7 Å². The van der Waals surface area contributed by atoms with Crippen LogP contribution >= 0.6 is 0 Å². The summed E-state index contributed by atoms with van der Waals surface area (Å²) in [5.41, 5.74) is 2.77. The summed E-state index contributed by atoms with van der Waals surface area (Å²) in [5, 5.41) is 2.90. The molecule has 1 aliphatic rings. The Morgan fingerprint density at radius 2 is 1.77 bits per heavy atom. The van der Waals surface area contributed by atoms with E-state index in [0.29, 0.717) is 18.5 Å². The van der Waals surface area contributed by atoms with Crippen LogP contribution in [0.1, 0.15) is 21.5 Å². The molecular formula is C21H26FN3O. The van der Waals surface area contributed by atoms with Crippen molar-refractivity contribution >= 4 is 5.91 Å². The summed E-state index contributed by atoms with van der Waals surface area (Å²) in [6.07, 6.45) is 0.616. The maximum atomic E-state index is 13.1. The molecule has 0 saturated carbocycles. The molecule has 0 atom stereocenters. The molecule has 5 heteroatoms. The summed E-state index contributed by atoms with van der Waals surface area (Å²) in [6, 6.07) is 14.3. The van der Waals surface area contributed by atoms with Crippen molar-refractivity contribution in [1.82, 2.24) is 15.1 Å². The topological polar surface area (TPSA) is 35.6 Å². The fourth-order valence-electron chi connectivity index (χ4n) is 3.14. The molecule has 4 nitrogen and oxygen atoms in total. The SMILES string of the molecule is CN1CCN(Cc2ccc(C(=O)NCCc3cccc(F)c3)cc2)CC1. The van der Waals surface area contributed by atoms with Gasteiger partial charge in [0.05, 0.1) is 0 Å². The average molecular weight is 355 g/mol. The number of halogens is 1. The van der Waals surface area contributed by atoms with Gasteiger partial charge in [0.25, 0.3) is 5.91 Å². The van der Waals surface area contributed by atoms with Gasteiger partial charge in [-0.3, -0.25) is 9.69 Å². The minimum Gasteiger partial charge on any atom is -0.352 e. The first-order valence-electron chi connectivity index (χ1n) is 9.12. The third-order valence-corrected chi connectivity index (χ3v) is 4.81. The molecule has 0 unspecified atom stereocenters. The number of amides is 1. The zero-order valence-corrected chi connectivity index (χ0v) is 15.2. The molecule has 1 N–H and O–H groups in total. The second-order valence-electron chi connectivity index (χ2n) is 6.91. The van der Waals surface area contributed by atoms with Crippen LogP contribution in [0.25, 0.3) is 0 Å². The first-order valence-corrected chi connectivity index (χ1v) is 9.12. The van der Waals surface area contributed by atoms with E-state index in [1.807, 2.05) is 30.3 Å². The molecule has 0 aliphatic carbocycles. The Bertz CT molecular complexity index is 724. The zero-order valence-electron chi connectivity index (χ0n) is 15.2. The molecule has 1 aliphatic heterocycles. The third-order valence-electron chi connectivity index (χ3n) is 4.81. The molecule has 0 aromatic heterocycles. The Hall–Kier alpha value is -2.24. The Labute approximate surface area is 154 Å². The molecule has 0 bridgehead atoms. The Balaban J connectivity index is 1.46. The molecular weight excluding hydrogens is 329 g/mol. The molecule has 138 valence electrons. The minimum absolute atomic E-state index is 0.0902. The van der Waals surface area contributed by atoms with E-state index in [1.165, 1.54) is 17.7 Å². The van der Waals surface area contributed by atoms with Crippen LogP contribution < -0.4 is 5.32 Å². The number of hydrogen-bond donors (Lipinski definition) is 1. The molecule has 0 radical (unpaired) electrons. The van der Waals surface area contributed by atoms with E-state index < -0.39 is 0 Å². The van der Waals surface area contributed by atoms with Crippen LogP contribution in [0, 0.1) is 5.82 Å². The van der Waals surface area contributed by atoms with Crippen molar-refractivity contribution in [2.24, 2.45) is 0 Å². The van der Waals surface area contributed by atoms with Gasteiger partial charge in [-0.1, -0.05) is 24.3 Å². The van der Waals surface area contributed by atoms with E-state index >= 15 is 0 Å². The van der Waals surface area contributed by atoms with Gasteiger partial charge in [-0.25, -0.2) is 4.39 Å². The van der Waals surface area contributed by atoms with Gasteiger partial charge in [0.1, 0.15) is 5.82 Å². The van der Waals surface area contributed by atoms with Gasteiger partial charge in [-0.05, 0) is 48.9 Å². The van der Waals surface area contributed by atoms with Crippen LogP contribution in [0.5, 0.6) is 0 Å². The van der Waals surface area contributed by atoms with Crippen molar-refractivity contribution in [2.75, 3.05) is 39.8 Å². The minimum atomic E-state index is -0.246. The molecule has 1 saturated heterocycles. The lowest BCUT2D eigenvalue weighted by Gasteiger charge is -2.32. The highest BCUT2D eigenvalue weighted by Gasteiger charge is 2.14. The summed E-state index contributed by atoms with van der Waals surface area (Å²) in [6.45, 7) is 5.79. The maximum Gasteiger partial charge on any atom is 0.251 e. The van der Waals surface area contributed by atoms with Gasteiger partial charge in [-0.15, -0.1) is 0 Å². The lowest BCUT2D eigenvalue weighted by Crippen LogP contribution is -2.43. The zero-order chi connectivity index (χ0) is 18.4. The molecule has 2 aromatic rings. The van der Waals surface area contributed by atoms with Crippen LogP contribution in [0.15, 0.2) is 48.5 Å². The summed E-state index contributed by atoms with van der Waals surface area (Å²) in [5.74, 6) is -0.336. The van der Waals surface area contributed by atoms with E-state index in [1.54, 1.807) is 6.07 Å². The lowest BCUT2D eigenvalue weighted by atomic mass is 10.1. The molecule has 0 spiro atoms. The number of likely N-dealkylation sites (N-methyl/N-ethyl adjacent to an activating group) is 1. The monoisotopic (exact) mass is 355 g/mol. The molecule has 1 amide bonds. The number of carbonyl (C=O) groups is 1. The lowest BCUT2D eigenvalue weighted by molar-refractivity contribution is 0.0954. The molecule has 1 heterocycles. The number of benzene rings is 2. The third kappa shape index (κ3) is 5.38. The first kappa shape index (κ1) is 18.5. The van der Waals surface area contributed by atoms with Gasteiger partial charge in [0.15, 0.2) is 0 Å². The Kier molecular flexibility index (Phi) is 6.36. The Morgan fingerprint density at radius 1 is 1.04 bits per heavy atom. The van der Waals surface area contributed by atoms with Crippen molar-refractivity contribution in [2.45, 2.75) is 13.0 Å². The number of rotatable bonds is 6. The van der Waals surface area contributed by atoms with E-state index in [9.17, 15) is 9.18 Å². The van der Waals surface area contributed by atoms with Crippen molar-refractivity contribution < 1.29 is 9.18 Å². The number of hydrogen-bond acceptors (Lipinski definition) is 3. The summed E-state index contributed by atoms with van der Waals surface area (Å²) in [7, 11) is 2.15. The van der Waals surface area contributed by atoms with E-state index in [0.717, 1.165) is 38.3 Å². The molecule has 2 aromatic carbocycles. The highest BCUT2D eigenvalue weighted by molar-refractivity contribution is 5.94. The Morgan fingerprint density at radius 3 is 2.46 bits per heavy atom. The second kappa shape index (κ2) is 8.92. The van der Waals surface area contributed by atoms with E-state index in [4.69, 9.17) is 0 Å². The summed E-state index contributed by atoms with van der Waals surface area (Å²) >= 11 is 0. The highest BCUT2D eigenvalue weighted by Crippen LogP contribution is 2.10. The standard InChI is InChI=1S/C21H26FN3O/c1-24-11-13-25(14-12-24)16-18-5-7-19(8-6-18)21(26)23-10-9-17-3-2-4-20(22)15-17/h2-8,15H,9-14,16H2,1H3,(H,23,26). The van der Waals surface area contributed by atoms with Crippen LogP contribution in [0.2, 0.25) is 0 Å². The number of nitrogens with zero attached hydrogens (tertiary/aromatic N) is 2. The van der Waals surface area contributed by atoms with Gasteiger partial charge in [0, 0.05) is 44.8 Å². The van der Waals surface area contributed by atoms with Gasteiger partial charge in [0.2, 0.25) is 0 Å². The average Bonchev–Trinajstić information content (AvgIpc) is 2.64. The van der Waals surface area contributed by atoms with Crippen LogP contribution in [-0.2, 0) is 13.0 Å².